The summed E-state index contributed by atoms with van der Waals surface area (Å²) in [5, 5.41) is 0. The SMILES string of the molecule is C#CCOCCOCCOCCOCCOCCOCCOCCOCCON. The third kappa shape index (κ3) is 27.2. The number of hydrogen-bond donors (Lipinski definition) is 1. The highest BCUT2D eigenvalue weighted by atomic mass is 16.6. The molecule has 0 heterocycles. The van der Waals surface area contributed by atoms with Crippen LogP contribution in [-0.4, -0.2) is 112 Å². The van der Waals surface area contributed by atoms with Crippen LogP contribution >= 0.6 is 0 Å². The first-order valence-electron chi connectivity index (χ1n) is 9.79. The van der Waals surface area contributed by atoms with E-state index in [4.69, 9.17) is 50.2 Å². The minimum atomic E-state index is 0.312. The minimum Gasteiger partial charge on any atom is -0.377 e. The average Bonchev–Trinajstić information content (AvgIpc) is 2.74. The predicted octanol–water partition coefficient (Wildman–Crippen LogP) is -0.357. The third-order valence-corrected chi connectivity index (χ3v) is 3.13. The quantitative estimate of drug-likeness (QED) is 0.119. The second-order valence-corrected chi connectivity index (χ2v) is 5.41. The molecule has 0 unspecified atom stereocenters. The second-order valence-electron chi connectivity index (χ2n) is 5.41. The first-order valence-corrected chi connectivity index (χ1v) is 9.79. The molecule has 0 fully saturated rings. The highest BCUT2D eigenvalue weighted by molar-refractivity contribution is 4.82. The zero-order valence-corrected chi connectivity index (χ0v) is 17.3. The van der Waals surface area contributed by atoms with Gasteiger partial charge in [-0.2, -0.15) is 0 Å². The molecule has 0 aliphatic heterocycles. The van der Waals surface area contributed by atoms with Crippen LogP contribution in [0, 0.1) is 12.3 Å². The molecule has 0 aromatic rings. The Hall–Kier alpha value is -0.840. The van der Waals surface area contributed by atoms with Gasteiger partial charge in [0.15, 0.2) is 0 Å². The fraction of sp³-hybridized carbons (Fsp3) is 0.895. The summed E-state index contributed by atoms with van der Waals surface area (Å²) in [6, 6.07) is 0. The summed E-state index contributed by atoms with van der Waals surface area (Å²) >= 11 is 0. The van der Waals surface area contributed by atoms with Crippen LogP contribution in [0.3, 0.4) is 0 Å². The molecule has 0 aromatic heterocycles. The van der Waals surface area contributed by atoms with Crippen LogP contribution in [0.4, 0.5) is 0 Å². The van der Waals surface area contributed by atoms with E-state index in [2.05, 4.69) is 10.8 Å². The molecular weight excluding hydrogens is 386 g/mol. The zero-order valence-electron chi connectivity index (χ0n) is 17.3. The summed E-state index contributed by atoms with van der Waals surface area (Å²) in [4.78, 5) is 4.37. The van der Waals surface area contributed by atoms with Gasteiger partial charge in [-0.15, -0.1) is 6.42 Å². The van der Waals surface area contributed by atoms with Crippen molar-refractivity contribution in [2.75, 3.05) is 112 Å². The number of nitrogens with two attached hydrogens (primary N) is 1. The Balaban J connectivity index is 2.98. The van der Waals surface area contributed by atoms with Gasteiger partial charge >= 0.3 is 0 Å². The normalized spacial score (nSPS) is 11.0. The molecular formula is C19H37NO9. The number of terminal acetylenes is 1. The first-order chi connectivity index (χ1) is 14.4. The maximum absolute atomic E-state index is 5.40. The molecule has 10 heteroatoms. The van der Waals surface area contributed by atoms with E-state index < -0.39 is 0 Å². The molecule has 0 atom stereocenters. The van der Waals surface area contributed by atoms with Gasteiger partial charge in [-0.25, -0.2) is 5.90 Å². The third-order valence-electron chi connectivity index (χ3n) is 3.13. The van der Waals surface area contributed by atoms with Gasteiger partial charge in [-0.05, 0) is 0 Å². The Kier molecular flexibility index (Phi) is 26.4. The van der Waals surface area contributed by atoms with E-state index in [-0.39, 0.29) is 0 Å². The Morgan fingerprint density at radius 2 is 0.655 bits per heavy atom. The van der Waals surface area contributed by atoms with Crippen LogP contribution in [0.5, 0.6) is 0 Å². The van der Waals surface area contributed by atoms with Crippen molar-refractivity contribution < 1.29 is 42.7 Å². The molecule has 0 aromatic carbocycles. The molecule has 0 radical (unpaired) electrons. The maximum Gasteiger partial charge on any atom is 0.107 e. The van der Waals surface area contributed by atoms with Crippen LogP contribution in [0.15, 0.2) is 0 Å². The summed E-state index contributed by atoms with van der Waals surface area (Å²) in [5.41, 5.74) is 0. The van der Waals surface area contributed by atoms with Gasteiger partial charge in [0.1, 0.15) is 6.61 Å². The molecule has 29 heavy (non-hydrogen) atoms. The summed E-state index contributed by atoms with van der Waals surface area (Å²) in [7, 11) is 0. The Labute approximate surface area is 174 Å². The fourth-order valence-corrected chi connectivity index (χ4v) is 1.78. The standard InChI is InChI=1S/C19H37NO9/c1-2-3-21-4-5-22-6-7-23-8-9-24-10-11-25-12-13-26-14-15-27-16-17-28-18-19-29-20/h1H,3-20H2. The van der Waals surface area contributed by atoms with E-state index in [0.717, 1.165) is 0 Å². The van der Waals surface area contributed by atoms with E-state index in [1.54, 1.807) is 0 Å². The molecule has 0 bridgehead atoms. The summed E-state index contributed by atoms with van der Waals surface area (Å²) in [6.45, 7) is 8.37. The van der Waals surface area contributed by atoms with Crippen molar-refractivity contribution >= 4 is 0 Å². The van der Waals surface area contributed by atoms with Gasteiger partial charge in [0.2, 0.25) is 0 Å². The Bertz CT molecular complexity index is 342. The molecule has 0 saturated heterocycles. The van der Waals surface area contributed by atoms with Crippen LogP contribution in [-0.2, 0) is 42.7 Å². The van der Waals surface area contributed by atoms with E-state index in [1.165, 1.54) is 0 Å². The molecule has 2 N–H and O–H groups in total. The van der Waals surface area contributed by atoms with Gasteiger partial charge in [0, 0.05) is 0 Å². The lowest BCUT2D eigenvalue weighted by Crippen LogP contribution is -2.15. The molecule has 10 nitrogen and oxygen atoms in total. The highest BCUT2D eigenvalue weighted by Crippen LogP contribution is 1.85. The molecule has 0 saturated carbocycles. The van der Waals surface area contributed by atoms with E-state index in [1.807, 2.05) is 0 Å². The fourth-order valence-electron chi connectivity index (χ4n) is 1.78. The lowest BCUT2D eigenvalue weighted by atomic mass is 10.6. The van der Waals surface area contributed by atoms with E-state index in [9.17, 15) is 0 Å². The van der Waals surface area contributed by atoms with Gasteiger partial charge in [0.05, 0.1) is 106 Å². The summed E-state index contributed by atoms with van der Waals surface area (Å²) in [5.74, 6) is 7.26. The molecule has 0 amide bonds. The molecule has 172 valence electrons. The number of hydrogen-bond acceptors (Lipinski definition) is 10. The van der Waals surface area contributed by atoms with E-state index >= 15 is 0 Å². The van der Waals surface area contributed by atoms with Crippen molar-refractivity contribution in [1.29, 1.82) is 0 Å². The van der Waals surface area contributed by atoms with Crippen molar-refractivity contribution in [1.82, 2.24) is 0 Å². The highest BCUT2D eigenvalue weighted by Gasteiger charge is 1.95. The van der Waals surface area contributed by atoms with Crippen LogP contribution in [0.1, 0.15) is 0 Å². The predicted molar refractivity (Wildman–Crippen MR) is 106 cm³/mol. The van der Waals surface area contributed by atoms with Crippen molar-refractivity contribution in [3.63, 3.8) is 0 Å². The molecule has 0 spiro atoms. The summed E-state index contributed by atoms with van der Waals surface area (Å²) in [6.07, 6.45) is 5.05. The smallest absolute Gasteiger partial charge is 0.107 e. The molecule has 0 aliphatic carbocycles. The van der Waals surface area contributed by atoms with Crippen LogP contribution in [0.25, 0.3) is 0 Å². The largest absolute Gasteiger partial charge is 0.377 e. The monoisotopic (exact) mass is 423 g/mol. The van der Waals surface area contributed by atoms with Crippen LogP contribution in [0.2, 0.25) is 0 Å². The molecule has 0 aliphatic rings. The van der Waals surface area contributed by atoms with Gasteiger partial charge in [-0.3, -0.25) is 0 Å². The van der Waals surface area contributed by atoms with Crippen molar-refractivity contribution in [2.45, 2.75) is 0 Å². The topological polar surface area (TPSA) is 109 Å². The summed E-state index contributed by atoms with van der Waals surface area (Å²) < 4.78 is 42.4. The maximum atomic E-state index is 5.40. The zero-order chi connectivity index (χ0) is 21.1. The second kappa shape index (κ2) is 27.2. The number of ether oxygens (including phenoxy) is 8. The lowest BCUT2D eigenvalue weighted by Gasteiger charge is -2.08. The molecule has 0 rings (SSSR count). The van der Waals surface area contributed by atoms with Crippen molar-refractivity contribution in [3.8, 4) is 12.3 Å². The average molecular weight is 424 g/mol. The van der Waals surface area contributed by atoms with Crippen molar-refractivity contribution in [3.05, 3.63) is 0 Å². The number of rotatable bonds is 25. The Morgan fingerprint density at radius 3 is 0.897 bits per heavy atom. The van der Waals surface area contributed by atoms with Gasteiger partial charge in [-0.1, -0.05) is 5.92 Å². The van der Waals surface area contributed by atoms with Crippen LogP contribution < -0.4 is 5.90 Å². The lowest BCUT2D eigenvalue weighted by molar-refractivity contribution is -0.0246. The Morgan fingerprint density at radius 1 is 0.414 bits per heavy atom. The van der Waals surface area contributed by atoms with Crippen molar-refractivity contribution in [2.24, 2.45) is 5.90 Å². The van der Waals surface area contributed by atoms with E-state index in [0.29, 0.717) is 112 Å². The van der Waals surface area contributed by atoms with Gasteiger partial charge < -0.3 is 42.7 Å². The first kappa shape index (κ1) is 28.2. The van der Waals surface area contributed by atoms with Gasteiger partial charge in [0.25, 0.3) is 0 Å². The minimum absolute atomic E-state index is 0.312.